The van der Waals surface area contributed by atoms with E-state index in [0.717, 1.165) is 0 Å². The second-order valence-electron chi connectivity index (χ2n) is 5.00. The summed E-state index contributed by atoms with van der Waals surface area (Å²) in [7, 11) is 0. The van der Waals surface area contributed by atoms with Crippen LogP contribution in [0.2, 0.25) is 0 Å². The van der Waals surface area contributed by atoms with Crippen LogP contribution in [0.1, 0.15) is 15.9 Å². The van der Waals surface area contributed by atoms with Crippen LogP contribution in [0.25, 0.3) is 0 Å². The van der Waals surface area contributed by atoms with E-state index < -0.39 is 17.9 Å². The van der Waals surface area contributed by atoms with Gasteiger partial charge in [-0.1, -0.05) is 12.1 Å². The normalized spacial score (nSPS) is 15.0. The number of amides is 2. The number of fused-ring (bicyclic) bond motifs is 1. The van der Waals surface area contributed by atoms with Crippen molar-refractivity contribution in [3.05, 3.63) is 59.7 Å². The van der Waals surface area contributed by atoms with Crippen molar-refractivity contribution in [2.45, 2.75) is 6.10 Å². The molecule has 2 amide bonds. The maximum atomic E-state index is 12.1. The van der Waals surface area contributed by atoms with Crippen LogP contribution >= 0.6 is 0 Å². The lowest BCUT2D eigenvalue weighted by Gasteiger charge is -2.25. The first-order valence-corrected chi connectivity index (χ1v) is 7.16. The first-order chi connectivity index (χ1) is 11.7. The Kier molecular flexibility index (Phi) is 4.29. The predicted molar refractivity (Wildman–Crippen MR) is 83.1 cm³/mol. The zero-order valence-corrected chi connectivity index (χ0v) is 12.5. The molecule has 0 saturated carbocycles. The van der Waals surface area contributed by atoms with Gasteiger partial charge in [-0.3, -0.25) is 20.4 Å². The number of benzene rings is 2. The van der Waals surface area contributed by atoms with E-state index >= 15 is 0 Å². The Bertz CT molecular complexity index is 811. The number of nitrogens with one attached hydrogen (secondary N) is 2. The Hall–Kier alpha value is -3.53. The van der Waals surface area contributed by atoms with Crippen molar-refractivity contribution in [2.75, 3.05) is 6.61 Å². The van der Waals surface area contributed by atoms with E-state index in [1.165, 1.54) is 24.3 Å². The van der Waals surface area contributed by atoms with Crippen LogP contribution in [-0.2, 0) is 4.79 Å². The van der Waals surface area contributed by atoms with E-state index in [0.29, 0.717) is 22.6 Å². The fourth-order valence-electron chi connectivity index (χ4n) is 2.12. The molecule has 0 saturated heterocycles. The molecule has 0 aliphatic carbocycles. The molecular formula is C17H13N3O4. The molecule has 0 spiro atoms. The molecule has 2 N–H and O–H groups in total. The number of rotatable bonds is 2. The van der Waals surface area contributed by atoms with E-state index in [9.17, 15) is 9.59 Å². The van der Waals surface area contributed by atoms with Crippen molar-refractivity contribution in [1.82, 2.24) is 10.9 Å². The second kappa shape index (κ2) is 6.71. The maximum Gasteiger partial charge on any atom is 0.283 e. The van der Waals surface area contributed by atoms with E-state index in [4.69, 9.17) is 14.7 Å². The second-order valence-corrected chi connectivity index (χ2v) is 5.00. The summed E-state index contributed by atoms with van der Waals surface area (Å²) in [5, 5.41) is 8.72. The summed E-state index contributed by atoms with van der Waals surface area (Å²) in [6, 6.07) is 15.0. The minimum Gasteiger partial charge on any atom is -0.485 e. The van der Waals surface area contributed by atoms with Gasteiger partial charge in [0.2, 0.25) is 6.10 Å². The predicted octanol–water partition coefficient (Wildman–Crippen LogP) is 1.16. The number of nitrogens with zero attached hydrogens (tertiary/aromatic N) is 1. The zero-order valence-electron chi connectivity index (χ0n) is 12.5. The minimum atomic E-state index is -0.860. The lowest BCUT2D eigenvalue weighted by molar-refractivity contribution is -0.131. The number of para-hydroxylation sites is 2. The smallest absolute Gasteiger partial charge is 0.283 e. The van der Waals surface area contributed by atoms with Gasteiger partial charge in [-0.15, -0.1) is 0 Å². The molecule has 0 fully saturated rings. The first kappa shape index (κ1) is 15.4. The largest absolute Gasteiger partial charge is 0.485 e. The highest BCUT2D eigenvalue weighted by atomic mass is 16.6. The van der Waals surface area contributed by atoms with Crippen molar-refractivity contribution in [1.29, 1.82) is 5.26 Å². The third kappa shape index (κ3) is 3.28. The van der Waals surface area contributed by atoms with E-state index in [-0.39, 0.29) is 6.61 Å². The van der Waals surface area contributed by atoms with Crippen molar-refractivity contribution in [3.63, 3.8) is 0 Å². The summed E-state index contributed by atoms with van der Waals surface area (Å²) in [6.07, 6.45) is -0.860. The van der Waals surface area contributed by atoms with E-state index in [1.54, 1.807) is 24.3 Å². The molecule has 0 unspecified atom stereocenters. The molecule has 120 valence electrons. The molecule has 0 aromatic heterocycles. The number of hydrogen-bond donors (Lipinski definition) is 2. The van der Waals surface area contributed by atoms with Gasteiger partial charge in [0, 0.05) is 5.56 Å². The van der Waals surface area contributed by atoms with E-state index in [1.807, 2.05) is 6.07 Å². The standard InChI is InChI=1S/C17H13N3O4/c18-9-11-5-7-12(8-6-11)16(21)19-20-17(22)15-10-23-13-3-1-2-4-14(13)24-15/h1-8,15H,10H2,(H,19,21)(H,20,22)/t15-/m1/s1. The van der Waals surface area contributed by atoms with Crippen molar-refractivity contribution < 1.29 is 19.1 Å². The van der Waals surface area contributed by atoms with Gasteiger partial charge >= 0.3 is 0 Å². The van der Waals surface area contributed by atoms with Crippen LogP contribution in [0, 0.1) is 11.3 Å². The molecule has 0 radical (unpaired) electrons. The highest BCUT2D eigenvalue weighted by Crippen LogP contribution is 2.30. The number of carbonyl (C=O) groups is 2. The van der Waals surface area contributed by atoms with Crippen LogP contribution < -0.4 is 20.3 Å². The Labute approximate surface area is 137 Å². The summed E-state index contributed by atoms with van der Waals surface area (Å²) >= 11 is 0. The summed E-state index contributed by atoms with van der Waals surface area (Å²) < 4.78 is 11.0. The number of hydrogen-bond acceptors (Lipinski definition) is 5. The summed E-state index contributed by atoms with van der Waals surface area (Å²) in [5.41, 5.74) is 5.37. The Morgan fingerprint density at radius 1 is 1.04 bits per heavy atom. The van der Waals surface area contributed by atoms with Crippen molar-refractivity contribution >= 4 is 11.8 Å². The molecule has 24 heavy (non-hydrogen) atoms. The molecule has 1 atom stereocenters. The molecule has 1 heterocycles. The van der Waals surface area contributed by atoms with Crippen LogP contribution in [0.4, 0.5) is 0 Å². The molecule has 2 aromatic rings. The summed E-state index contributed by atoms with van der Waals surface area (Å²) in [5.74, 6) is 0.0296. The zero-order chi connectivity index (χ0) is 16.9. The average molecular weight is 323 g/mol. The van der Waals surface area contributed by atoms with Gasteiger partial charge < -0.3 is 9.47 Å². The quantitative estimate of drug-likeness (QED) is 0.808. The van der Waals surface area contributed by atoms with Crippen LogP contribution in [0.5, 0.6) is 11.5 Å². The van der Waals surface area contributed by atoms with Gasteiger partial charge in [-0.05, 0) is 36.4 Å². The molecule has 0 bridgehead atoms. The van der Waals surface area contributed by atoms with Gasteiger partial charge in [0.05, 0.1) is 11.6 Å². The molecular weight excluding hydrogens is 310 g/mol. The topological polar surface area (TPSA) is 100 Å². The van der Waals surface area contributed by atoms with Crippen molar-refractivity contribution in [3.8, 4) is 17.6 Å². The lowest BCUT2D eigenvalue weighted by atomic mass is 10.1. The first-order valence-electron chi connectivity index (χ1n) is 7.16. The lowest BCUT2D eigenvalue weighted by Crippen LogP contribution is -2.50. The van der Waals surface area contributed by atoms with Crippen LogP contribution in [0.3, 0.4) is 0 Å². The van der Waals surface area contributed by atoms with Crippen LogP contribution in [0.15, 0.2) is 48.5 Å². The van der Waals surface area contributed by atoms with E-state index in [2.05, 4.69) is 10.9 Å². The summed E-state index contributed by atoms with van der Waals surface area (Å²) in [6.45, 7) is 0.0512. The highest BCUT2D eigenvalue weighted by Gasteiger charge is 2.27. The Morgan fingerprint density at radius 2 is 1.75 bits per heavy atom. The van der Waals surface area contributed by atoms with Gasteiger partial charge in [-0.2, -0.15) is 5.26 Å². The number of nitriles is 1. The molecule has 7 nitrogen and oxygen atoms in total. The molecule has 1 aliphatic rings. The van der Waals surface area contributed by atoms with Gasteiger partial charge in [0.15, 0.2) is 11.5 Å². The van der Waals surface area contributed by atoms with Gasteiger partial charge in [0.25, 0.3) is 11.8 Å². The fraction of sp³-hybridized carbons (Fsp3) is 0.118. The fourth-order valence-corrected chi connectivity index (χ4v) is 2.12. The highest BCUT2D eigenvalue weighted by molar-refractivity contribution is 5.95. The summed E-state index contributed by atoms with van der Waals surface area (Å²) in [4.78, 5) is 24.0. The molecule has 2 aromatic carbocycles. The monoisotopic (exact) mass is 323 g/mol. The molecule has 7 heteroatoms. The third-order valence-corrected chi connectivity index (χ3v) is 3.38. The van der Waals surface area contributed by atoms with Crippen molar-refractivity contribution in [2.24, 2.45) is 0 Å². The Morgan fingerprint density at radius 3 is 2.46 bits per heavy atom. The maximum absolute atomic E-state index is 12.1. The van der Waals surface area contributed by atoms with Gasteiger partial charge in [-0.25, -0.2) is 0 Å². The number of carbonyl (C=O) groups excluding carboxylic acids is 2. The number of ether oxygens (including phenoxy) is 2. The van der Waals surface area contributed by atoms with Gasteiger partial charge in [0.1, 0.15) is 6.61 Å². The minimum absolute atomic E-state index is 0.0512. The van der Waals surface area contributed by atoms with Crippen LogP contribution in [-0.4, -0.2) is 24.5 Å². The average Bonchev–Trinajstić information content (AvgIpc) is 2.65. The molecule has 1 aliphatic heterocycles. The third-order valence-electron chi connectivity index (χ3n) is 3.38. The number of hydrazine groups is 1. The Balaban J connectivity index is 1.56. The molecule has 3 rings (SSSR count). The SMILES string of the molecule is N#Cc1ccc(C(=O)NNC(=O)[C@H]2COc3ccccc3O2)cc1.